The number of halogens is 3. The van der Waals surface area contributed by atoms with E-state index in [1.165, 1.54) is 39.2 Å². The predicted octanol–water partition coefficient (Wildman–Crippen LogP) is 4.57. The SMILES string of the molecule is C=N/C(C(=O)N[C@@H](C)C(=O)O[C@@H](C)[C@@H](Oc1cccc(C(F)(F)F)c1)C(C)C)=C(OC(C)=O)\C(=C/C)OC. The van der Waals surface area contributed by atoms with E-state index >= 15 is 0 Å². The highest BCUT2D eigenvalue weighted by Gasteiger charge is 2.33. The minimum absolute atomic E-state index is 0.0353. The highest BCUT2D eigenvalue weighted by molar-refractivity contribution is 5.97. The van der Waals surface area contributed by atoms with Gasteiger partial charge in [0.15, 0.2) is 11.5 Å². The standard InChI is InChI=1S/C26H33F3N2O7/c1-9-20(35-8)23(37-17(6)32)21(30-7)24(33)31-15(4)25(34)36-16(5)22(14(2)3)38-19-12-10-11-18(13-19)26(27,28)29/h9-16,22H,7H2,1-6,8H3,(H,31,33)/b20-9+,23-21+/t15-,16-,22-/m0/s1. The predicted molar refractivity (Wildman–Crippen MR) is 133 cm³/mol. The summed E-state index contributed by atoms with van der Waals surface area (Å²) in [5, 5.41) is 2.39. The van der Waals surface area contributed by atoms with Crippen LogP contribution in [0.4, 0.5) is 13.2 Å². The van der Waals surface area contributed by atoms with E-state index in [1.54, 1.807) is 20.8 Å². The summed E-state index contributed by atoms with van der Waals surface area (Å²) in [6, 6.07) is 3.18. The van der Waals surface area contributed by atoms with Crippen LogP contribution in [0.15, 0.2) is 52.5 Å². The molecule has 0 heterocycles. The molecule has 1 aromatic carbocycles. The fraction of sp³-hybridized carbons (Fsp3) is 0.462. The van der Waals surface area contributed by atoms with Gasteiger partial charge in [-0.3, -0.25) is 14.6 Å². The molecular weight excluding hydrogens is 509 g/mol. The molecule has 0 bridgehead atoms. The van der Waals surface area contributed by atoms with Crippen molar-refractivity contribution in [2.45, 2.75) is 66.0 Å². The Morgan fingerprint density at radius 3 is 2.24 bits per heavy atom. The van der Waals surface area contributed by atoms with Crippen molar-refractivity contribution < 1.29 is 46.5 Å². The summed E-state index contributed by atoms with van der Waals surface area (Å²) >= 11 is 0. The Morgan fingerprint density at radius 2 is 1.76 bits per heavy atom. The number of rotatable bonds is 12. The van der Waals surface area contributed by atoms with E-state index < -0.39 is 53.5 Å². The van der Waals surface area contributed by atoms with Gasteiger partial charge in [0.2, 0.25) is 5.76 Å². The fourth-order valence-corrected chi connectivity index (χ4v) is 3.30. The van der Waals surface area contributed by atoms with Crippen molar-refractivity contribution >= 4 is 24.6 Å². The van der Waals surface area contributed by atoms with Gasteiger partial charge in [0, 0.05) is 6.92 Å². The molecule has 1 rings (SSSR count). The Morgan fingerprint density at radius 1 is 1.13 bits per heavy atom. The number of aliphatic imine (C=N–C) groups is 1. The zero-order valence-corrected chi connectivity index (χ0v) is 22.3. The number of esters is 2. The average molecular weight is 543 g/mol. The molecule has 12 heteroatoms. The lowest BCUT2D eigenvalue weighted by Gasteiger charge is -2.29. The molecule has 9 nitrogen and oxygen atoms in total. The number of carbonyl (C=O) groups is 3. The van der Waals surface area contributed by atoms with E-state index in [9.17, 15) is 27.6 Å². The highest BCUT2D eigenvalue weighted by Crippen LogP contribution is 2.32. The van der Waals surface area contributed by atoms with Gasteiger partial charge < -0.3 is 24.3 Å². The lowest BCUT2D eigenvalue weighted by Crippen LogP contribution is -2.44. The van der Waals surface area contributed by atoms with Crippen molar-refractivity contribution in [1.29, 1.82) is 0 Å². The van der Waals surface area contributed by atoms with Gasteiger partial charge in [-0.25, -0.2) is 4.79 Å². The number of carbonyl (C=O) groups excluding carboxylic acids is 3. The molecule has 1 aromatic rings. The Hall–Kier alpha value is -3.83. The third kappa shape index (κ3) is 9.24. The van der Waals surface area contributed by atoms with Gasteiger partial charge in [-0.15, -0.1) is 0 Å². The normalized spacial score (nSPS) is 15.0. The summed E-state index contributed by atoms with van der Waals surface area (Å²) in [7, 11) is 1.30. The second kappa shape index (κ2) is 14.2. The number of nitrogens with one attached hydrogen (secondary N) is 1. The highest BCUT2D eigenvalue weighted by atomic mass is 19.4. The van der Waals surface area contributed by atoms with Crippen LogP contribution in [0.1, 0.15) is 47.1 Å². The number of ether oxygens (including phenoxy) is 4. The Bertz CT molecular complexity index is 1080. The third-order valence-electron chi connectivity index (χ3n) is 5.10. The van der Waals surface area contributed by atoms with Crippen molar-refractivity contribution in [2.75, 3.05) is 7.11 Å². The molecule has 210 valence electrons. The number of nitrogens with zero attached hydrogens (tertiary/aromatic N) is 1. The molecule has 1 amide bonds. The first kappa shape index (κ1) is 32.2. The number of benzene rings is 1. The second-order valence-electron chi connectivity index (χ2n) is 8.48. The molecule has 3 atom stereocenters. The van der Waals surface area contributed by atoms with Crippen LogP contribution >= 0.6 is 0 Å². The summed E-state index contributed by atoms with van der Waals surface area (Å²) in [4.78, 5) is 40.7. The minimum atomic E-state index is -4.54. The zero-order chi connectivity index (χ0) is 29.2. The summed E-state index contributed by atoms with van der Waals surface area (Å²) < 4.78 is 60.6. The lowest BCUT2D eigenvalue weighted by molar-refractivity contribution is -0.157. The van der Waals surface area contributed by atoms with E-state index in [2.05, 4.69) is 17.0 Å². The maximum absolute atomic E-state index is 13.1. The Balaban J connectivity index is 3.05. The van der Waals surface area contributed by atoms with E-state index in [1.807, 2.05) is 0 Å². The molecule has 0 fully saturated rings. The number of methoxy groups -OCH3 is 1. The largest absolute Gasteiger partial charge is 0.493 e. The maximum atomic E-state index is 13.1. The summed E-state index contributed by atoms with van der Waals surface area (Å²) in [5.41, 5.74) is -1.28. The van der Waals surface area contributed by atoms with Crippen LogP contribution in [0.5, 0.6) is 5.75 Å². The smallest absolute Gasteiger partial charge is 0.416 e. The van der Waals surface area contributed by atoms with Gasteiger partial charge in [0.25, 0.3) is 5.91 Å². The van der Waals surface area contributed by atoms with Crippen LogP contribution < -0.4 is 10.1 Å². The molecule has 0 aromatic heterocycles. The lowest BCUT2D eigenvalue weighted by atomic mass is 10.0. The average Bonchev–Trinajstić information content (AvgIpc) is 2.82. The van der Waals surface area contributed by atoms with Gasteiger partial charge >= 0.3 is 18.1 Å². The zero-order valence-electron chi connectivity index (χ0n) is 22.3. The van der Waals surface area contributed by atoms with E-state index in [0.29, 0.717) is 0 Å². The molecule has 0 unspecified atom stereocenters. The molecule has 1 N–H and O–H groups in total. The summed E-state index contributed by atoms with van der Waals surface area (Å²) in [5.74, 6) is -3.04. The van der Waals surface area contributed by atoms with E-state index in [0.717, 1.165) is 19.1 Å². The second-order valence-corrected chi connectivity index (χ2v) is 8.48. The van der Waals surface area contributed by atoms with Gasteiger partial charge in [-0.1, -0.05) is 19.9 Å². The summed E-state index contributed by atoms with van der Waals surface area (Å²) in [6.07, 6.45) is -4.81. The molecule has 0 aliphatic heterocycles. The van der Waals surface area contributed by atoms with Crippen LogP contribution in [0, 0.1) is 5.92 Å². The van der Waals surface area contributed by atoms with Crippen molar-refractivity contribution in [1.82, 2.24) is 5.32 Å². The van der Waals surface area contributed by atoms with Crippen LogP contribution in [-0.4, -0.2) is 49.9 Å². The number of allylic oxidation sites excluding steroid dienone is 1. The Labute approximate surface area is 219 Å². The first-order valence-electron chi connectivity index (χ1n) is 11.6. The molecule has 0 aliphatic rings. The summed E-state index contributed by atoms with van der Waals surface area (Å²) in [6.45, 7) is 12.4. The number of amides is 1. The number of alkyl halides is 3. The van der Waals surface area contributed by atoms with Gasteiger partial charge in [0.1, 0.15) is 24.0 Å². The first-order valence-corrected chi connectivity index (χ1v) is 11.6. The number of hydrogen-bond donors (Lipinski definition) is 1. The molecular formula is C26H33F3N2O7. The maximum Gasteiger partial charge on any atom is 0.416 e. The molecule has 0 saturated carbocycles. The number of hydrogen-bond acceptors (Lipinski definition) is 8. The molecule has 38 heavy (non-hydrogen) atoms. The first-order chi connectivity index (χ1) is 17.7. The molecule has 0 radical (unpaired) electrons. The van der Waals surface area contributed by atoms with Crippen molar-refractivity contribution in [3.8, 4) is 5.75 Å². The third-order valence-corrected chi connectivity index (χ3v) is 5.10. The van der Waals surface area contributed by atoms with Gasteiger partial charge in [-0.2, -0.15) is 13.2 Å². The van der Waals surface area contributed by atoms with Crippen molar-refractivity contribution in [2.24, 2.45) is 10.9 Å². The van der Waals surface area contributed by atoms with E-state index in [4.69, 9.17) is 18.9 Å². The van der Waals surface area contributed by atoms with Crippen LogP contribution in [-0.2, 0) is 34.8 Å². The monoisotopic (exact) mass is 542 g/mol. The fourth-order valence-electron chi connectivity index (χ4n) is 3.30. The van der Waals surface area contributed by atoms with Crippen LogP contribution in [0.2, 0.25) is 0 Å². The van der Waals surface area contributed by atoms with Crippen LogP contribution in [0.3, 0.4) is 0 Å². The molecule has 0 saturated heterocycles. The minimum Gasteiger partial charge on any atom is -0.493 e. The van der Waals surface area contributed by atoms with Crippen molar-refractivity contribution in [3.63, 3.8) is 0 Å². The van der Waals surface area contributed by atoms with Gasteiger partial charge in [0.05, 0.1) is 12.7 Å². The Kier molecular flexibility index (Phi) is 12.0. The van der Waals surface area contributed by atoms with Crippen LogP contribution in [0.25, 0.3) is 0 Å². The van der Waals surface area contributed by atoms with E-state index in [-0.39, 0.29) is 23.2 Å². The van der Waals surface area contributed by atoms with Gasteiger partial charge in [-0.05, 0) is 57.7 Å². The molecule has 0 spiro atoms. The van der Waals surface area contributed by atoms with Crippen molar-refractivity contribution in [3.05, 3.63) is 53.1 Å². The quantitative estimate of drug-likeness (QED) is 0.135. The molecule has 0 aliphatic carbocycles. The topological polar surface area (TPSA) is 113 Å².